The third kappa shape index (κ3) is 2.46. The fourth-order valence-electron chi connectivity index (χ4n) is 3.02. The Morgan fingerprint density at radius 3 is 2.55 bits per heavy atom. The number of halogens is 2. The van der Waals surface area contributed by atoms with Crippen molar-refractivity contribution in [2.24, 2.45) is 5.92 Å². The number of benzene rings is 2. The first-order valence-electron chi connectivity index (χ1n) is 6.88. The zero-order chi connectivity index (χ0) is 14.1. The van der Waals surface area contributed by atoms with Gasteiger partial charge in [0.1, 0.15) is 11.6 Å². The lowest BCUT2D eigenvalue weighted by molar-refractivity contribution is 0.479. The molecule has 1 nitrogen and oxygen atoms in total. The van der Waals surface area contributed by atoms with Crippen molar-refractivity contribution in [2.45, 2.75) is 18.4 Å². The third-order valence-electron chi connectivity index (χ3n) is 4.10. The van der Waals surface area contributed by atoms with Gasteiger partial charge in [-0.15, -0.1) is 0 Å². The van der Waals surface area contributed by atoms with Gasteiger partial charge < -0.3 is 5.32 Å². The van der Waals surface area contributed by atoms with Crippen LogP contribution >= 0.6 is 0 Å². The summed E-state index contributed by atoms with van der Waals surface area (Å²) in [7, 11) is 1.80. The van der Waals surface area contributed by atoms with Gasteiger partial charge in [-0.25, -0.2) is 8.78 Å². The fourth-order valence-corrected chi connectivity index (χ4v) is 3.02. The van der Waals surface area contributed by atoms with E-state index in [-0.39, 0.29) is 11.9 Å². The third-order valence-corrected chi connectivity index (χ3v) is 4.10. The Morgan fingerprint density at radius 2 is 1.85 bits per heavy atom. The molecule has 1 saturated carbocycles. The molecule has 0 amide bonds. The van der Waals surface area contributed by atoms with E-state index in [0.29, 0.717) is 17.4 Å². The van der Waals surface area contributed by atoms with Crippen molar-refractivity contribution in [3.63, 3.8) is 0 Å². The highest BCUT2D eigenvalue weighted by molar-refractivity contribution is 5.31. The maximum atomic E-state index is 13.9. The lowest BCUT2D eigenvalue weighted by Crippen LogP contribution is -2.20. The summed E-state index contributed by atoms with van der Waals surface area (Å²) < 4.78 is 27.3. The molecule has 1 N–H and O–H groups in total. The Balaban J connectivity index is 1.84. The van der Waals surface area contributed by atoms with Gasteiger partial charge in [-0.05, 0) is 49.1 Å². The zero-order valence-corrected chi connectivity index (χ0v) is 11.3. The van der Waals surface area contributed by atoms with Gasteiger partial charge in [0.05, 0.1) is 0 Å². The van der Waals surface area contributed by atoms with E-state index < -0.39 is 5.82 Å². The van der Waals surface area contributed by atoms with Crippen molar-refractivity contribution < 1.29 is 8.78 Å². The van der Waals surface area contributed by atoms with E-state index in [9.17, 15) is 8.78 Å². The van der Waals surface area contributed by atoms with Crippen molar-refractivity contribution >= 4 is 0 Å². The highest BCUT2D eigenvalue weighted by Gasteiger charge is 2.44. The molecule has 3 unspecified atom stereocenters. The van der Waals surface area contributed by atoms with Crippen molar-refractivity contribution in [3.8, 4) is 0 Å². The molecule has 3 heteroatoms. The molecule has 0 spiro atoms. The molecular formula is C17H17F2N. The van der Waals surface area contributed by atoms with E-state index in [2.05, 4.69) is 17.4 Å². The van der Waals surface area contributed by atoms with Crippen molar-refractivity contribution in [1.82, 2.24) is 5.32 Å². The van der Waals surface area contributed by atoms with Gasteiger partial charge in [0.2, 0.25) is 0 Å². The second-order valence-electron chi connectivity index (χ2n) is 5.35. The van der Waals surface area contributed by atoms with E-state index in [1.807, 2.05) is 18.2 Å². The second-order valence-corrected chi connectivity index (χ2v) is 5.35. The van der Waals surface area contributed by atoms with Crippen LogP contribution in [0.2, 0.25) is 0 Å². The summed E-state index contributed by atoms with van der Waals surface area (Å²) in [6.45, 7) is 0. The summed E-state index contributed by atoms with van der Waals surface area (Å²) >= 11 is 0. The quantitative estimate of drug-likeness (QED) is 0.887. The highest BCUT2D eigenvalue weighted by atomic mass is 19.1. The number of hydrogen-bond acceptors (Lipinski definition) is 1. The van der Waals surface area contributed by atoms with Crippen LogP contribution < -0.4 is 5.32 Å². The van der Waals surface area contributed by atoms with Gasteiger partial charge in [0.25, 0.3) is 0 Å². The molecule has 3 rings (SSSR count). The Bertz CT molecular complexity index is 597. The zero-order valence-electron chi connectivity index (χ0n) is 11.3. The van der Waals surface area contributed by atoms with Crippen LogP contribution in [-0.4, -0.2) is 7.05 Å². The van der Waals surface area contributed by atoms with Crippen LogP contribution in [0.15, 0.2) is 48.5 Å². The molecule has 20 heavy (non-hydrogen) atoms. The fraction of sp³-hybridized carbons (Fsp3) is 0.294. The molecular weight excluding hydrogens is 256 g/mol. The van der Waals surface area contributed by atoms with E-state index >= 15 is 0 Å². The van der Waals surface area contributed by atoms with E-state index in [1.165, 1.54) is 17.7 Å². The molecule has 0 aliphatic heterocycles. The van der Waals surface area contributed by atoms with E-state index in [1.54, 1.807) is 7.05 Å². The number of nitrogens with one attached hydrogen (secondary N) is 1. The molecule has 1 aliphatic carbocycles. The predicted molar refractivity (Wildman–Crippen MR) is 75.4 cm³/mol. The van der Waals surface area contributed by atoms with Crippen molar-refractivity contribution in [1.29, 1.82) is 0 Å². The molecule has 0 saturated heterocycles. The Morgan fingerprint density at radius 1 is 1.10 bits per heavy atom. The molecule has 0 heterocycles. The minimum Gasteiger partial charge on any atom is -0.313 e. The summed E-state index contributed by atoms with van der Waals surface area (Å²) in [6.07, 6.45) is 1.01. The Labute approximate surface area is 117 Å². The first-order valence-corrected chi connectivity index (χ1v) is 6.88. The monoisotopic (exact) mass is 273 g/mol. The van der Waals surface area contributed by atoms with Crippen LogP contribution in [0, 0.1) is 17.6 Å². The predicted octanol–water partition coefficient (Wildman–Crippen LogP) is 4.03. The Hall–Kier alpha value is -1.74. The molecule has 1 aliphatic rings. The minimum absolute atomic E-state index is 0.143. The van der Waals surface area contributed by atoms with Gasteiger partial charge >= 0.3 is 0 Å². The summed E-state index contributed by atoms with van der Waals surface area (Å²) in [6, 6.07) is 13.7. The summed E-state index contributed by atoms with van der Waals surface area (Å²) in [5.74, 6) is 0.0121. The molecule has 0 bridgehead atoms. The lowest BCUT2D eigenvalue weighted by atomic mass is 9.98. The van der Waals surface area contributed by atoms with Crippen LogP contribution in [-0.2, 0) is 0 Å². The van der Waals surface area contributed by atoms with Gasteiger partial charge in [0.15, 0.2) is 0 Å². The van der Waals surface area contributed by atoms with Crippen LogP contribution in [0.5, 0.6) is 0 Å². The smallest absolute Gasteiger partial charge is 0.128 e. The molecule has 0 radical (unpaired) electrons. The largest absolute Gasteiger partial charge is 0.313 e. The molecule has 0 aromatic heterocycles. The van der Waals surface area contributed by atoms with Gasteiger partial charge in [-0.2, -0.15) is 0 Å². The molecule has 104 valence electrons. The number of hydrogen-bond donors (Lipinski definition) is 1. The number of rotatable bonds is 4. The average molecular weight is 273 g/mol. The van der Waals surface area contributed by atoms with E-state index in [4.69, 9.17) is 0 Å². The second kappa shape index (κ2) is 5.33. The first-order chi connectivity index (χ1) is 9.70. The summed E-state index contributed by atoms with van der Waals surface area (Å²) in [5, 5.41) is 3.14. The first kappa shape index (κ1) is 13.3. The maximum Gasteiger partial charge on any atom is 0.128 e. The molecule has 3 atom stereocenters. The average Bonchev–Trinajstić information content (AvgIpc) is 3.25. The molecule has 2 aromatic rings. The van der Waals surface area contributed by atoms with E-state index in [0.717, 1.165) is 12.5 Å². The van der Waals surface area contributed by atoms with Gasteiger partial charge in [0, 0.05) is 11.6 Å². The van der Waals surface area contributed by atoms with Crippen LogP contribution in [0.25, 0.3) is 0 Å². The topological polar surface area (TPSA) is 12.0 Å². The Kier molecular flexibility index (Phi) is 3.53. The SMILES string of the molecule is CNC(c1cc(F)ccc1F)C1CC1c1ccccc1. The van der Waals surface area contributed by atoms with Gasteiger partial charge in [-0.1, -0.05) is 30.3 Å². The van der Waals surface area contributed by atoms with Crippen LogP contribution in [0.1, 0.15) is 29.5 Å². The maximum absolute atomic E-state index is 13.9. The normalized spacial score (nSPS) is 22.6. The summed E-state index contributed by atoms with van der Waals surface area (Å²) in [4.78, 5) is 0. The van der Waals surface area contributed by atoms with Gasteiger partial charge in [-0.3, -0.25) is 0 Å². The lowest BCUT2D eigenvalue weighted by Gasteiger charge is -2.18. The van der Waals surface area contributed by atoms with Crippen LogP contribution in [0.4, 0.5) is 8.78 Å². The summed E-state index contributed by atoms with van der Waals surface area (Å²) in [5.41, 5.74) is 1.70. The van der Waals surface area contributed by atoms with Crippen molar-refractivity contribution in [3.05, 3.63) is 71.3 Å². The minimum atomic E-state index is -0.390. The molecule has 1 fully saturated rings. The highest BCUT2D eigenvalue weighted by Crippen LogP contribution is 2.54. The molecule has 2 aromatic carbocycles. The standard InChI is InChI=1S/C17H17F2N/c1-20-17(15-9-12(18)7-8-16(15)19)14-10-13(14)11-5-3-2-4-6-11/h2-9,13-14,17,20H,10H2,1H3. The van der Waals surface area contributed by atoms with Crippen molar-refractivity contribution in [2.75, 3.05) is 7.05 Å². The van der Waals surface area contributed by atoms with Crippen LogP contribution in [0.3, 0.4) is 0 Å².